The van der Waals surface area contributed by atoms with E-state index in [1.54, 1.807) is 0 Å². The van der Waals surface area contributed by atoms with E-state index in [0.717, 1.165) is 35.5 Å². The number of aryl methyl sites for hydroxylation is 1. The summed E-state index contributed by atoms with van der Waals surface area (Å²) in [5.41, 5.74) is 2.91. The number of ether oxygens (including phenoxy) is 1. The smallest absolute Gasteiger partial charge is 0.326 e. The van der Waals surface area contributed by atoms with Crippen LogP contribution in [0, 0.1) is 6.92 Å². The van der Waals surface area contributed by atoms with Gasteiger partial charge in [-0.3, -0.25) is 4.57 Å². The normalized spacial score (nSPS) is 16.0. The molecule has 3 rings (SSSR count). The molecule has 1 saturated carbocycles. The predicted molar refractivity (Wildman–Crippen MR) is 93.1 cm³/mol. The molecule has 0 spiro atoms. The molecule has 0 unspecified atom stereocenters. The highest BCUT2D eigenvalue weighted by molar-refractivity contribution is 5.69. The molecule has 4 heteroatoms. The van der Waals surface area contributed by atoms with E-state index < -0.39 is 0 Å². The van der Waals surface area contributed by atoms with E-state index in [4.69, 9.17) is 4.74 Å². The van der Waals surface area contributed by atoms with Gasteiger partial charge in [0.15, 0.2) is 0 Å². The molecule has 23 heavy (non-hydrogen) atoms. The van der Waals surface area contributed by atoms with Crippen LogP contribution in [0.4, 0.5) is 0 Å². The van der Waals surface area contributed by atoms with Crippen LogP contribution >= 0.6 is 0 Å². The summed E-state index contributed by atoms with van der Waals surface area (Å²) in [7, 11) is 0. The Morgan fingerprint density at radius 3 is 2.57 bits per heavy atom. The molecule has 124 valence electrons. The van der Waals surface area contributed by atoms with E-state index in [9.17, 15) is 4.79 Å². The Labute approximate surface area is 137 Å². The van der Waals surface area contributed by atoms with E-state index in [1.165, 1.54) is 19.3 Å². The first-order valence-electron chi connectivity index (χ1n) is 8.65. The van der Waals surface area contributed by atoms with Crippen molar-refractivity contribution in [1.29, 1.82) is 0 Å². The topological polar surface area (TPSA) is 47.0 Å². The van der Waals surface area contributed by atoms with E-state index in [0.29, 0.717) is 6.04 Å². The number of imidazole rings is 1. The van der Waals surface area contributed by atoms with Crippen molar-refractivity contribution in [3.8, 4) is 17.0 Å². The molecule has 0 bridgehead atoms. The van der Waals surface area contributed by atoms with Crippen LogP contribution in [0.2, 0.25) is 0 Å². The average Bonchev–Trinajstić information content (AvgIpc) is 2.82. The van der Waals surface area contributed by atoms with Crippen LogP contribution in [-0.4, -0.2) is 15.7 Å². The summed E-state index contributed by atoms with van der Waals surface area (Å²) in [6, 6.07) is 8.31. The molecule has 1 N–H and O–H groups in total. The lowest BCUT2D eigenvalue weighted by molar-refractivity contribution is 0.243. The molecule has 1 aromatic heterocycles. The Kier molecular flexibility index (Phi) is 4.60. The standard InChI is InChI=1S/C19H26N2O2/c1-13(2)23-17-12-8-7-11-16(17)18-14(3)20-19(22)21(18)15-9-5-4-6-10-15/h7-8,11-13,15H,4-6,9-10H2,1-3H3,(H,20,22). The second-order valence-corrected chi connectivity index (χ2v) is 6.73. The Morgan fingerprint density at radius 1 is 1.17 bits per heavy atom. The summed E-state index contributed by atoms with van der Waals surface area (Å²) in [6.45, 7) is 6.02. The Bertz CT molecular complexity index is 721. The Balaban J connectivity index is 2.11. The summed E-state index contributed by atoms with van der Waals surface area (Å²) in [4.78, 5) is 15.5. The highest BCUT2D eigenvalue weighted by Crippen LogP contribution is 2.36. The zero-order valence-electron chi connectivity index (χ0n) is 14.3. The van der Waals surface area contributed by atoms with E-state index >= 15 is 0 Å². The number of rotatable bonds is 4. The first-order chi connectivity index (χ1) is 11.1. The van der Waals surface area contributed by atoms with Gasteiger partial charge in [-0.2, -0.15) is 0 Å². The number of nitrogens with one attached hydrogen (secondary N) is 1. The maximum atomic E-state index is 12.5. The fourth-order valence-corrected chi connectivity index (χ4v) is 3.60. The van der Waals surface area contributed by atoms with Crippen LogP contribution in [0.5, 0.6) is 5.75 Å². The fourth-order valence-electron chi connectivity index (χ4n) is 3.60. The summed E-state index contributed by atoms with van der Waals surface area (Å²) in [5, 5.41) is 0. The second kappa shape index (κ2) is 6.65. The minimum absolute atomic E-state index is 0.00347. The molecule has 1 aromatic carbocycles. The number of para-hydroxylation sites is 1. The van der Waals surface area contributed by atoms with Crippen LogP contribution < -0.4 is 10.4 Å². The predicted octanol–water partition coefficient (Wildman–Crippen LogP) is 4.44. The first kappa shape index (κ1) is 15.9. The van der Waals surface area contributed by atoms with Crippen molar-refractivity contribution in [3.63, 3.8) is 0 Å². The maximum Gasteiger partial charge on any atom is 0.326 e. The number of aromatic amines is 1. The molecule has 1 heterocycles. The quantitative estimate of drug-likeness (QED) is 0.906. The van der Waals surface area contributed by atoms with Crippen molar-refractivity contribution in [2.24, 2.45) is 0 Å². The van der Waals surface area contributed by atoms with Crippen LogP contribution in [0.1, 0.15) is 57.7 Å². The van der Waals surface area contributed by atoms with Gasteiger partial charge < -0.3 is 9.72 Å². The lowest BCUT2D eigenvalue weighted by atomic mass is 9.94. The third-order valence-electron chi connectivity index (χ3n) is 4.55. The van der Waals surface area contributed by atoms with Gasteiger partial charge in [0.05, 0.1) is 11.8 Å². The Hall–Kier alpha value is -1.97. The molecular weight excluding hydrogens is 288 g/mol. The zero-order valence-corrected chi connectivity index (χ0v) is 14.3. The number of aromatic nitrogens is 2. The lowest BCUT2D eigenvalue weighted by Gasteiger charge is -2.25. The number of H-pyrrole nitrogens is 1. The third-order valence-corrected chi connectivity index (χ3v) is 4.55. The van der Waals surface area contributed by atoms with E-state index in [1.807, 2.05) is 49.6 Å². The first-order valence-corrected chi connectivity index (χ1v) is 8.65. The van der Waals surface area contributed by atoms with Crippen molar-refractivity contribution in [1.82, 2.24) is 9.55 Å². The van der Waals surface area contributed by atoms with E-state index in [-0.39, 0.29) is 11.8 Å². The molecule has 0 aliphatic heterocycles. The number of nitrogens with zero attached hydrogens (tertiary/aromatic N) is 1. The van der Waals surface area contributed by atoms with Gasteiger partial charge in [0.25, 0.3) is 0 Å². The molecular formula is C19H26N2O2. The molecule has 4 nitrogen and oxygen atoms in total. The van der Waals surface area contributed by atoms with Crippen molar-refractivity contribution < 1.29 is 4.74 Å². The van der Waals surface area contributed by atoms with Crippen LogP contribution in [0.3, 0.4) is 0 Å². The van der Waals surface area contributed by atoms with Gasteiger partial charge in [0.2, 0.25) is 0 Å². The summed E-state index contributed by atoms with van der Waals surface area (Å²) >= 11 is 0. The summed E-state index contributed by atoms with van der Waals surface area (Å²) in [6.07, 6.45) is 5.94. The van der Waals surface area contributed by atoms with Gasteiger partial charge >= 0.3 is 5.69 Å². The summed E-state index contributed by atoms with van der Waals surface area (Å²) in [5.74, 6) is 0.842. The fraction of sp³-hybridized carbons (Fsp3) is 0.526. The molecule has 0 radical (unpaired) electrons. The van der Waals surface area contributed by atoms with Gasteiger partial charge in [-0.1, -0.05) is 31.4 Å². The van der Waals surface area contributed by atoms with Crippen LogP contribution in [0.15, 0.2) is 29.1 Å². The molecule has 0 saturated heterocycles. The molecule has 1 fully saturated rings. The second-order valence-electron chi connectivity index (χ2n) is 6.73. The zero-order chi connectivity index (χ0) is 16.4. The van der Waals surface area contributed by atoms with E-state index in [2.05, 4.69) is 4.98 Å². The minimum atomic E-state index is 0.00347. The minimum Gasteiger partial charge on any atom is -0.490 e. The molecule has 0 atom stereocenters. The van der Waals surface area contributed by atoms with Crippen molar-refractivity contribution in [3.05, 3.63) is 40.4 Å². The molecule has 1 aliphatic carbocycles. The SMILES string of the molecule is Cc1[nH]c(=O)n(C2CCCCC2)c1-c1ccccc1OC(C)C. The number of hydrogen-bond donors (Lipinski definition) is 1. The van der Waals surface area contributed by atoms with Gasteiger partial charge in [-0.25, -0.2) is 4.79 Å². The largest absolute Gasteiger partial charge is 0.490 e. The van der Waals surface area contributed by atoms with Gasteiger partial charge in [0, 0.05) is 17.3 Å². The maximum absolute atomic E-state index is 12.5. The van der Waals surface area contributed by atoms with Crippen molar-refractivity contribution in [2.75, 3.05) is 0 Å². The molecule has 0 amide bonds. The number of hydrogen-bond acceptors (Lipinski definition) is 2. The molecule has 2 aromatic rings. The highest BCUT2D eigenvalue weighted by Gasteiger charge is 2.24. The Morgan fingerprint density at radius 2 is 1.87 bits per heavy atom. The lowest BCUT2D eigenvalue weighted by Crippen LogP contribution is -2.25. The van der Waals surface area contributed by atoms with Crippen molar-refractivity contribution in [2.45, 2.75) is 65.0 Å². The monoisotopic (exact) mass is 314 g/mol. The third kappa shape index (κ3) is 3.21. The van der Waals surface area contributed by atoms with Crippen molar-refractivity contribution >= 4 is 0 Å². The number of benzene rings is 1. The van der Waals surface area contributed by atoms with Gasteiger partial charge in [-0.15, -0.1) is 0 Å². The summed E-state index contributed by atoms with van der Waals surface area (Å²) < 4.78 is 7.95. The van der Waals surface area contributed by atoms with Crippen LogP contribution in [0.25, 0.3) is 11.3 Å². The van der Waals surface area contributed by atoms with Gasteiger partial charge in [-0.05, 0) is 45.7 Å². The average molecular weight is 314 g/mol. The van der Waals surface area contributed by atoms with Gasteiger partial charge in [0.1, 0.15) is 5.75 Å². The molecule has 1 aliphatic rings. The highest BCUT2D eigenvalue weighted by atomic mass is 16.5. The van der Waals surface area contributed by atoms with Crippen LogP contribution in [-0.2, 0) is 0 Å².